The second-order valence-electron chi connectivity index (χ2n) is 4.80. The quantitative estimate of drug-likeness (QED) is 0.689. The molecule has 2 nitrogen and oxygen atoms in total. The Morgan fingerprint density at radius 1 is 1.50 bits per heavy atom. The van der Waals surface area contributed by atoms with Gasteiger partial charge in [0.1, 0.15) is 0 Å². The maximum atomic E-state index is 11.1. The van der Waals surface area contributed by atoms with Gasteiger partial charge in [-0.1, -0.05) is 32.9 Å². The van der Waals surface area contributed by atoms with Gasteiger partial charge in [-0.15, -0.1) is 0 Å². The lowest BCUT2D eigenvalue weighted by Crippen LogP contribution is -2.33. The summed E-state index contributed by atoms with van der Waals surface area (Å²) >= 11 is 0. The highest BCUT2D eigenvalue weighted by atomic mass is 16.4. The Kier molecular flexibility index (Phi) is 3.35. The third-order valence-electron chi connectivity index (χ3n) is 3.45. The van der Waals surface area contributed by atoms with Gasteiger partial charge in [0.25, 0.3) is 0 Å². The van der Waals surface area contributed by atoms with Crippen LogP contribution < -0.4 is 0 Å². The Labute approximate surface area is 86.0 Å². The van der Waals surface area contributed by atoms with E-state index in [2.05, 4.69) is 20.4 Å². The molecule has 0 heterocycles. The van der Waals surface area contributed by atoms with Gasteiger partial charge < -0.3 is 5.11 Å². The molecular weight excluding hydrogens is 176 g/mol. The van der Waals surface area contributed by atoms with E-state index in [1.165, 1.54) is 0 Å². The van der Waals surface area contributed by atoms with Gasteiger partial charge in [-0.25, -0.2) is 0 Å². The number of rotatable bonds is 2. The van der Waals surface area contributed by atoms with Gasteiger partial charge in [0, 0.05) is 0 Å². The summed E-state index contributed by atoms with van der Waals surface area (Å²) in [5.74, 6) is 0.128. The predicted molar refractivity (Wildman–Crippen MR) is 57.0 cm³/mol. The molecule has 0 aliphatic heterocycles. The van der Waals surface area contributed by atoms with Crippen molar-refractivity contribution in [3.05, 3.63) is 12.2 Å². The number of hydrogen-bond donors (Lipinski definition) is 1. The molecule has 1 fully saturated rings. The predicted octanol–water partition coefficient (Wildman–Crippen LogP) is 2.95. The minimum Gasteiger partial charge on any atom is -0.481 e. The van der Waals surface area contributed by atoms with Gasteiger partial charge >= 0.3 is 5.97 Å². The van der Waals surface area contributed by atoms with Crippen LogP contribution >= 0.6 is 0 Å². The second kappa shape index (κ2) is 4.16. The van der Waals surface area contributed by atoms with E-state index in [4.69, 9.17) is 5.11 Å². The summed E-state index contributed by atoms with van der Waals surface area (Å²) in [5, 5.41) is 9.12. The molecule has 0 spiro atoms. The van der Waals surface area contributed by atoms with E-state index in [0.29, 0.717) is 11.8 Å². The molecule has 0 bridgehead atoms. The first kappa shape index (κ1) is 11.3. The molecule has 1 saturated carbocycles. The molecule has 0 radical (unpaired) electrons. The monoisotopic (exact) mass is 196 g/mol. The number of carboxylic acid groups (broad SMARTS) is 1. The Morgan fingerprint density at radius 2 is 2.07 bits per heavy atom. The molecule has 1 aliphatic carbocycles. The molecule has 0 aromatic carbocycles. The Balaban J connectivity index is 2.83. The highest BCUT2D eigenvalue weighted by Gasteiger charge is 2.36. The Bertz CT molecular complexity index is 243. The van der Waals surface area contributed by atoms with Crippen LogP contribution in [0.3, 0.4) is 0 Å². The van der Waals surface area contributed by atoms with Crippen LogP contribution in [0, 0.1) is 23.7 Å². The fourth-order valence-corrected chi connectivity index (χ4v) is 2.55. The first-order valence-corrected chi connectivity index (χ1v) is 5.36. The maximum Gasteiger partial charge on any atom is 0.310 e. The maximum absolute atomic E-state index is 11.1. The Hall–Kier alpha value is -0.790. The van der Waals surface area contributed by atoms with Gasteiger partial charge in [-0.05, 0) is 30.6 Å². The number of carboxylic acids is 1. The van der Waals surface area contributed by atoms with Crippen LogP contribution in [-0.4, -0.2) is 11.1 Å². The van der Waals surface area contributed by atoms with Crippen molar-refractivity contribution in [3.8, 4) is 0 Å². The molecule has 0 saturated heterocycles. The van der Waals surface area contributed by atoms with Crippen molar-refractivity contribution in [2.24, 2.45) is 23.7 Å². The molecule has 0 amide bonds. The SMILES string of the molecule is C=C1C(C(=O)O)[C@H](C)CC[C@H]1C(C)C. The van der Waals surface area contributed by atoms with E-state index in [1.807, 2.05) is 6.92 Å². The van der Waals surface area contributed by atoms with Crippen LogP contribution in [0.5, 0.6) is 0 Å². The van der Waals surface area contributed by atoms with E-state index in [-0.39, 0.29) is 11.8 Å². The molecule has 0 aromatic heterocycles. The van der Waals surface area contributed by atoms with E-state index in [1.54, 1.807) is 0 Å². The van der Waals surface area contributed by atoms with Crippen LogP contribution in [0.2, 0.25) is 0 Å². The first-order valence-electron chi connectivity index (χ1n) is 5.36. The smallest absolute Gasteiger partial charge is 0.310 e. The molecule has 1 unspecified atom stereocenters. The molecule has 1 rings (SSSR count). The average molecular weight is 196 g/mol. The number of aliphatic carboxylic acids is 1. The zero-order chi connectivity index (χ0) is 10.9. The summed E-state index contributed by atoms with van der Waals surface area (Å²) in [6, 6.07) is 0. The molecule has 14 heavy (non-hydrogen) atoms. The molecule has 3 atom stereocenters. The van der Waals surface area contributed by atoms with Gasteiger partial charge in [0.2, 0.25) is 0 Å². The molecular formula is C12H20O2. The average Bonchev–Trinajstić information content (AvgIpc) is 2.02. The zero-order valence-corrected chi connectivity index (χ0v) is 9.29. The highest BCUT2D eigenvalue weighted by molar-refractivity contribution is 5.74. The summed E-state index contributed by atoms with van der Waals surface area (Å²) in [7, 11) is 0. The topological polar surface area (TPSA) is 37.3 Å². The lowest BCUT2D eigenvalue weighted by molar-refractivity contribution is -0.142. The van der Waals surface area contributed by atoms with Gasteiger partial charge in [-0.3, -0.25) is 4.79 Å². The molecule has 2 heteroatoms. The van der Waals surface area contributed by atoms with Crippen molar-refractivity contribution in [2.45, 2.75) is 33.6 Å². The van der Waals surface area contributed by atoms with Crippen LogP contribution in [0.4, 0.5) is 0 Å². The third-order valence-corrected chi connectivity index (χ3v) is 3.45. The largest absolute Gasteiger partial charge is 0.481 e. The lowest BCUT2D eigenvalue weighted by Gasteiger charge is -2.36. The lowest BCUT2D eigenvalue weighted by atomic mass is 9.68. The second-order valence-corrected chi connectivity index (χ2v) is 4.80. The van der Waals surface area contributed by atoms with Gasteiger partial charge in [-0.2, -0.15) is 0 Å². The van der Waals surface area contributed by atoms with Crippen molar-refractivity contribution >= 4 is 5.97 Å². The molecule has 80 valence electrons. The summed E-state index contributed by atoms with van der Waals surface area (Å²) in [6.07, 6.45) is 2.11. The van der Waals surface area contributed by atoms with Crippen molar-refractivity contribution in [1.82, 2.24) is 0 Å². The van der Waals surface area contributed by atoms with Crippen LogP contribution in [0.15, 0.2) is 12.2 Å². The van der Waals surface area contributed by atoms with Crippen LogP contribution in [-0.2, 0) is 4.79 Å². The fourth-order valence-electron chi connectivity index (χ4n) is 2.55. The Morgan fingerprint density at radius 3 is 2.50 bits per heavy atom. The zero-order valence-electron chi connectivity index (χ0n) is 9.29. The normalized spacial score (nSPS) is 33.4. The van der Waals surface area contributed by atoms with Crippen LogP contribution in [0.25, 0.3) is 0 Å². The van der Waals surface area contributed by atoms with Crippen molar-refractivity contribution in [3.63, 3.8) is 0 Å². The van der Waals surface area contributed by atoms with Crippen molar-refractivity contribution in [1.29, 1.82) is 0 Å². The van der Waals surface area contributed by atoms with E-state index in [9.17, 15) is 4.79 Å². The van der Waals surface area contributed by atoms with E-state index in [0.717, 1.165) is 18.4 Å². The summed E-state index contributed by atoms with van der Waals surface area (Å²) in [5.41, 5.74) is 0.936. The first-order chi connectivity index (χ1) is 6.45. The molecule has 0 aromatic rings. The van der Waals surface area contributed by atoms with Gasteiger partial charge in [0.15, 0.2) is 0 Å². The molecule has 1 N–H and O–H groups in total. The fraction of sp³-hybridized carbons (Fsp3) is 0.750. The standard InChI is InChI=1S/C12H20O2/c1-7(2)10-6-5-8(3)11(9(10)4)12(13)14/h7-8,10-11H,4-6H2,1-3H3,(H,13,14)/t8-,10+,11?/m1/s1. The number of hydrogen-bond acceptors (Lipinski definition) is 1. The number of carbonyl (C=O) groups is 1. The minimum absolute atomic E-state index is 0.245. The summed E-state index contributed by atoms with van der Waals surface area (Å²) in [6.45, 7) is 10.3. The third kappa shape index (κ3) is 1.99. The highest BCUT2D eigenvalue weighted by Crippen LogP contribution is 2.40. The van der Waals surface area contributed by atoms with Gasteiger partial charge in [0.05, 0.1) is 5.92 Å². The molecule has 1 aliphatic rings. The van der Waals surface area contributed by atoms with Crippen molar-refractivity contribution < 1.29 is 9.90 Å². The summed E-state index contributed by atoms with van der Waals surface area (Å²) < 4.78 is 0. The van der Waals surface area contributed by atoms with E-state index < -0.39 is 5.97 Å². The van der Waals surface area contributed by atoms with Crippen LogP contribution in [0.1, 0.15) is 33.6 Å². The van der Waals surface area contributed by atoms with E-state index >= 15 is 0 Å². The van der Waals surface area contributed by atoms with Crippen molar-refractivity contribution in [2.75, 3.05) is 0 Å². The minimum atomic E-state index is -0.701. The summed E-state index contributed by atoms with van der Waals surface area (Å²) in [4.78, 5) is 11.1.